The normalized spacial score (nSPS) is 13.7. The van der Waals surface area contributed by atoms with E-state index in [0.29, 0.717) is 6.04 Å². The minimum absolute atomic E-state index is 0.416. The van der Waals surface area contributed by atoms with Crippen molar-refractivity contribution in [2.24, 2.45) is 7.05 Å². The fourth-order valence-electron chi connectivity index (χ4n) is 1.32. The van der Waals surface area contributed by atoms with Gasteiger partial charge in [-0.1, -0.05) is 19.1 Å². The first-order valence-corrected chi connectivity index (χ1v) is 5.05. The summed E-state index contributed by atoms with van der Waals surface area (Å²) in [6.45, 7) is 7.33. The van der Waals surface area contributed by atoms with E-state index in [4.69, 9.17) is 0 Å². The molecule has 0 saturated carbocycles. The molecule has 14 heavy (non-hydrogen) atoms. The van der Waals surface area contributed by atoms with Crippen molar-refractivity contribution in [3.8, 4) is 0 Å². The topological polar surface area (TPSA) is 29.9 Å². The van der Waals surface area contributed by atoms with Gasteiger partial charge in [0.2, 0.25) is 0 Å². The lowest BCUT2D eigenvalue weighted by Gasteiger charge is -2.05. The van der Waals surface area contributed by atoms with E-state index in [1.807, 2.05) is 17.9 Å². The molecule has 1 atom stereocenters. The molecule has 0 amide bonds. The molecule has 0 radical (unpaired) electrons. The number of likely N-dealkylation sites (N-methyl/N-ethyl adjacent to an activating group) is 1. The van der Waals surface area contributed by atoms with Gasteiger partial charge in [0, 0.05) is 24.3 Å². The maximum Gasteiger partial charge on any atom is 0.0564 e. The van der Waals surface area contributed by atoms with Gasteiger partial charge in [-0.3, -0.25) is 4.68 Å². The fraction of sp³-hybridized carbons (Fsp3) is 0.545. The second-order valence-corrected chi connectivity index (χ2v) is 3.51. The largest absolute Gasteiger partial charge is 0.311 e. The van der Waals surface area contributed by atoms with Crippen LogP contribution in [0.1, 0.15) is 25.1 Å². The predicted molar refractivity (Wildman–Crippen MR) is 60.1 cm³/mol. The highest BCUT2D eigenvalue weighted by Gasteiger charge is 1.99. The van der Waals surface area contributed by atoms with E-state index in [0.717, 1.165) is 6.54 Å². The van der Waals surface area contributed by atoms with Crippen molar-refractivity contribution in [3.63, 3.8) is 0 Å². The third kappa shape index (κ3) is 2.70. The monoisotopic (exact) mass is 193 g/mol. The first-order chi connectivity index (χ1) is 6.65. The van der Waals surface area contributed by atoms with Crippen molar-refractivity contribution < 1.29 is 0 Å². The molecule has 0 aromatic carbocycles. The first kappa shape index (κ1) is 11.0. The van der Waals surface area contributed by atoms with Crippen molar-refractivity contribution in [2.45, 2.75) is 26.8 Å². The van der Waals surface area contributed by atoms with Crippen LogP contribution in [0.3, 0.4) is 0 Å². The molecule has 0 aliphatic heterocycles. The number of aryl methyl sites for hydroxylation is 1. The third-order valence-electron chi connectivity index (χ3n) is 2.36. The molecule has 0 aliphatic carbocycles. The first-order valence-electron chi connectivity index (χ1n) is 5.05. The van der Waals surface area contributed by atoms with E-state index in [1.54, 1.807) is 0 Å². The molecule has 1 rings (SSSR count). The van der Waals surface area contributed by atoms with Crippen LogP contribution in [0.2, 0.25) is 0 Å². The van der Waals surface area contributed by atoms with E-state index in [2.05, 4.69) is 43.3 Å². The Bertz CT molecular complexity index is 312. The quantitative estimate of drug-likeness (QED) is 0.789. The average molecular weight is 193 g/mol. The number of hydrogen-bond donors (Lipinski definition) is 1. The molecule has 3 nitrogen and oxygen atoms in total. The van der Waals surface area contributed by atoms with Crippen LogP contribution in [0.5, 0.6) is 0 Å². The van der Waals surface area contributed by atoms with Crippen molar-refractivity contribution in [1.82, 2.24) is 15.1 Å². The summed E-state index contributed by atoms with van der Waals surface area (Å²) < 4.78 is 1.89. The second kappa shape index (κ2) is 4.96. The Balaban J connectivity index is 2.64. The van der Waals surface area contributed by atoms with Crippen molar-refractivity contribution in [3.05, 3.63) is 23.5 Å². The number of nitrogens with one attached hydrogen (secondary N) is 1. The average Bonchev–Trinajstić information content (AvgIpc) is 2.46. The van der Waals surface area contributed by atoms with Crippen molar-refractivity contribution in [1.29, 1.82) is 0 Å². The molecule has 1 aromatic rings. The summed E-state index contributed by atoms with van der Waals surface area (Å²) in [5.74, 6) is 0. The minimum atomic E-state index is 0.416. The highest BCUT2D eigenvalue weighted by molar-refractivity contribution is 5.51. The molecular formula is C11H19N3. The zero-order chi connectivity index (χ0) is 10.6. The van der Waals surface area contributed by atoms with Gasteiger partial charge >= 0.3 is 0 Å². The van der Waals surface area contributed by atoms with Gasteiger partial charge in [-0.15, -0.1) is 0 Å². The predicted octanol–water partition coefficient (Wildman–Crippen LogP) is 1.74. The Morgan fingerprint density at radius 3 is 2.86 bits per heavy atom. The lowest BCUT2D eigenvalue weighted by atomic mass is 10.2. The summed E-state index contributed by atoms with van der Waals surface area (Å²) in [4.78, 5) is 0. The number of hydrogen-bond acceptors (Lipinski definition) is 2. The van der Waals surface area contributed by atoms with Gasteiger partial charge < -0.3 is 5.32 Å². The van der Waals surface area contributed by atoms with Gasteiger partial charge in [0.05, 0.1) is 6.20 Å². The Morgan fingerprint density at radius 2 is 2.36 bits per heavy atom. The van der Waals surface area contributed by atoms with Crippen LogP contribution in [0, 0.1) is 6.92 Å². The highest BCUT2D eigenvalue weighted by atomic mass is 15.3. The molecule has 0 bridgehead atoms. The smallest absolute Gasteiger partial charge is 0.0564 e. The summed E-state index contributed by atoms with van der Waals surface area (Å²) in [5.41, 5.74) is 2.39. The molecule has 78 valence electrons. The van der Waals surface area contributed by atoms with Crippen molar-refractivity contribution in [2.75, 3.05) is 6.54 Å². The molecule has 1 aromatic heterocycles. The molecule has 1 N–H and O–H groups in total. The highest BCUT2D eigenvalue weighted by Crippen LogP contribution is 2.07. The maximum absolute atomic E-state index is 4.19. The molecule has 0 spiro atoms. The molecular weight excluding hydrogens is 174 g/mol. The zero-order valence-corrected chi connectivity index (χ0v) is 9.41. The van der Waals surface area contributed by atoms with Crippen LogP contribution in [0.4, 0.5) is 0 Å². The van der Waals surface area contributed by atoms with Crippen LogP contribution < -0.4 is 5.32 Å². The number of rotatable bonds is 4. The molecule has 1 unspecified atom stereocenters. The maximum atomic E-state index is 4.19. The molecule has 0 aliphatic rings. The second-order valence-electron chi connectivity index (χ2n) is 3.51. The summed E-state index contributed by atoms with van der Waals surface area (Å²) in [6, 6.07) is 0.416. The Labute approximate surface area is 85.8 Å². The Kier molecular flexibility index (Phi) is 3.89. The molecule has 1 heterocycles. The van der Waals surface area contributed by atoms with E-state index in [-0.39, 0.29) is 0 Å². The van der Waals surface area contributed by atoms with Gasteiger partial charge in [0.1, 0.15) is 0 Å². The van der Waals surface area contributed by atoms with Crippen LogP contribution in [0.25, 0.3) is 6.08 Å². The zero-order valence-electron chi connectivity index (χ0n) is 9.41. The van der Waals surface area contributed by atoms with Crippen LogP contribution in [0.15, 0.2) is 12.3 Å². The molecule has 0 saturated heterocycles. The summed E-state index contributed by atoms with van der Waals surface area (Å²) in [5, 5.41) is 7.51. The van der Waals surface area contributed by atoms with Gasteiger partial charge in [0.15, 0.2) is 0 Å². The van der Waals surface area contributed by atoms with Gasteiger partial charge in [-0.05, 0) is 20.4 Å². The SMILES string of the molecule is CCNC(C)/C=C/c1cnn(C)c1C. The van der Waals surface area contributed by atoms with Crippen molar-refractivity contribution >= 4 is 6.08 Å². The van der Waals surface area contributed by atoms with E-state index >= 15 is 0 Å². The van der Waals surface area contributed by atoms with E-state index in [9.17, 15) is 0 Å². The Morgan fingerprint density at radius 1 is 1.64 bits per heavy atom. The fourth-order valence-corrected chi connectivity index (χ4v) is 1.32. The number of nitrogens with zero attached hydrogens (tertiary/aromatic N) is 2. The molecule has 3 heteroatoms. The standard InChI is InChI=1S/C11H19N3/c1-5-12-9(2)6-7-11-8-13-14(4)10(11)3/h6-9,12H,5H2,1-4H3/b7-6+. The van der Waals surface area contributed by atoms with E-state index in [1.165, 1.54) is 11.3 Å². The van der Waals surface area contributed by atoms with Gasteiger partial charge in [0.25, 0.3) is 0 Å². The third-order valence-corrected chi connectivity index (χ3v) is 2.36. The van der Waals surface area contributed by atoms with Crippen LogP contribution in [-0.2, 0) is 7.05 Å². The summed E-state index contributed by atoms with van der Waals surface area (Å²) in [7, 11) is 1.96. The number of aromatic nitrogens is 2. The van der Waals surface area contributed by atoms with E-state index < -0.39 is 0 Å². The minimum Gasteiger partial charge on any atom is -0.311 e. The summed E-state index contributed by atoms with van der Waals surface area (Å²) >= 11 is 0. The van der Waals surface area contributed by atoms with Crippen LogP contribution in [-0.4, -0.2) is 22.4 Å². The molecule has 0 fully saturated rings. The van der Waals surface area contributed by atoms with Gasteiger partial charge in [-0.25, -0.2) is 0 Å². The van der Waals surface area contributed by atoms with Crippen LogP contribution >= 0.6 is 0 Å². The lowest BCUT2D eigenvalue weighted by molar-refractivity contribution is 0.663. The van der Waals surface area contributed by atoms with Gasteiger partial charge in [-0.2, -0.15) is 5.10 Å². The lowest BCUT2D eigenvalue weighted by Crippen LogP contribution is -2.22. The summed E-state index contributed by atoms with van der Waals surface area (Å²) in [6.07, 6.45) is 6.17. The Hall–Kier alpha value is -1.09.